The van der Waals surface area contributed by atoms with Crippen molar-refractivity contribution in [2.75, 3.05) is 18.5 Å². The van der Waals surface area contributed by atoms with E-state index in [-0.39, 0.29) is 5.75 Å². The van der Waals surface area contributed by atoms with Crippen LogP contribution < -0.4 is 10.1 Å². The lowest BCUT2D eigenvalue weighted by molar-refractivity contribution is -0.160. The van der Waals surface area contributed by atoms with E-state index in [1.807, 2.05) is 33.8 Å². The van der Waals surface area contributed by atoms with Crippen LogP contribution in [0.25, 0.3) is 16.9 Å². The van der Waals surface area contributed by atoms with Gasteiger partial charge < -0.3 is 19.9 Å². The molecule has 1 fully saturated rings. The summed E-state index contributed by atoms with van der Waals surface area (Å²) in [5.41, 5.74) is 3.35. The van der Waals surface area contributed by atoms with Crippen LogP contribution in [0.2, 0.25) is 0 Å². The van der Waals surface area contributed by atoms with Gasteiger partial charge in [-0.1, -0.05) is 25.7 Å². The number of nitrogens with one attached hydrogen (secondary N) is 1. The lowest BCUT2D eigenvalue weighted by Crippen LogP contribution is -2.29. The van der Waals surface area contributed by atoms with Crippen molar-refractivity contribution in [1.29, 1.82) is 0 Å². The Kier molecular flexibility index (Phi) is 8.04. The predicted octanol–water partition coefficient (Wildman–Crippen LogP) is 6.80. The Bertz CT molecular complexity index is 1410. The first-order valence-corrected chi connectivity index (χ1v) is 14.5. The number of aryl methyl sites for hydroxylation is 1. The van der Waals surface area contributed by atoms with E-state index in [0.717, 1.165) is 36.4 Å². The Morgan fingerprint density at radius 3 is 2.70 bits per heavy atom. The van der Waals surface area contributed by atoms with Crippen molar-refractivity contribution in [3.8, 4) is 17.0 Å². The summed E-state index contributed by atoms with van der Waals surface area (Å²) in [4.78, 5) is 17.4. The molecule has 2 aliphatic rings. The van der Waals surface area contributed by atoms with Gasteiger partial charge in [0.1, 0.15) is 0 Å². The molecule has 1 atom stereocenters. The molecule has 5 rings (SSSR count). The van der Waals surface area contributed by atoms with Crippen molar-refractivity contribution < 1.29 is 23.8 Å². The molecule has 3 aromatic rings. The van der Waals surface area contributed by atoms with Gasteiger partial charge in [0, 0.05) is 35.0 Å². The minimum absolute atomic E-state index is 0.280. The number of hydrogen-bond acceptors (Lipinski definition) is 6. The number of aliphatic carboxylic acids is 1. The number of hydrogen-bond donors (Lipinski definition) is 2. The van der Waals surface area contributed by atoms with Crippen LogP contribution in [0.4, 0.5) is 10.2 Å². The van der Waals surface area contributed by atoms with Crippen molar-refractivity contribution in [1.82, 2.24) is 14.6 Å². The SMILES string of the molecule is Cc1nc2cc(NCCCC3CCCC3)nn2c(-c2cc(F)c3c(c2C)CCCO3)c1[C@H](OC(C)(C)C)C(=O)O. The second-order valence-corrected chi connectivity index (χ2v) is 12.2. The van der Waals surface area contributed by atoms with Crippen LogP contribution in [-0.2, 0) is 16.0 Å². The van der Waals surface area contributed by atoms with Gasteiger partial charge in [0.25, 0.3) is 0 Å². The average Bonchev–Trinajstić information content (AvgIpc) is 3.56. The fourth-order valence-corrected chi connectivity index (χ4v) is 6.19. The van der Waals surface area contributed by atoms with E-state index in [1.54, 1.807) is 11.4 Å². The maximum atomic E-state index is 15.5. The van der Waals surface area contributed by atoms with Crippen LogP contribution in [-0.4, -0.2) is 44.4 Å². The van der Waals surface area contributed by atoms with Crippen LogP contribution >= 0.6 is 0 Å². The molecule has 1 aliphatic carbocycles. The van der Waals surface area contributed by atoms with Crippen molar-refractivity contribution in [3.63, 3.8) is 0 Å². The molecule has 1 saturated carbocycles. The standard InChI is InChI=1S/C31H41FN4O4/c1-18-21-13-9-15-39-28(21)23(32)16-22(18)27-26(29(30(37)38)40-31(3,4)5)19(2)34-25-17-24(35-36(25)27)33-14-8-12-20-10-6-7-11-20/h16-17,20,29H,6-15H2,1-5H3,(H,33,35)(H,37,38)/t29-/m0/s1. The van der Waals surface area contributed by atoms with E-state index in [1.165, 1.54) is 38.2 Å². The summed E-state index contributed by atoms with van der Waals surface area (Å²) in [5.74, 6) is 0.145. The van der Waals surface area contributed by atoms with Crippen LogP contribution in [0.3, 0.4) is 0 Å². The van der Waals surface area contributed by atoms with E-state index >= 15 is 4.39 Å². The molecular weight excluding hydrogens is 511 g/mol. The van der Waals surface area contributed by atoms with Gasteiger partial charge in [-0.15, -0.1) is 5.10 Å². The molecule has 0 spiro atoms. The summed E-state index contributed by atoms with van der Waals surface area (Å²) >= 11 is 0. The van der Waals surface area contributed by atoms with Crippen molar-refractivity contribution in [2.24, 2.45) is 5.92 Å². The summed E-state index contributed by atoms with van der Waals surface area (Å²) in [6.45, 7) is 10.4. The Balaban J connectivity index is 1.63. The fraction of sp³-hybridized carbons (Fsp3) is 0.581. The molecule has 8 nitrogen and oxygen atoms in total. The van der Waals surface area contributed by atoms with Gasteiger partial charge in [0.2, 0.25) is 0 Å². The molecule has 0 saturated heterocycles. The normalized spacial score (nSPS) is 16.6. The fourth-order valence-electron chi connectivity index (χ4n) is 6.19. The van der Waals surface area contributed by atoms with Gasteiger partial charge in [-0.2, -0.15) is 0 Å². The Hall–Kier alpha value is -3.20. The minimum Gasteiger partial charge on any atom is -0.490 e. The quantitative estimate of drug-likeness (QED) is 0.282. The molecule has 0 amide bonds. The second-order valence-electron chi connectivity index (χ2n) is 12.2. The number of anilines is 1. The molecule has 9 heteroatoms. The van der Waals surface area contributed by atoms with Gasteiger partial charge in [-0.05, 0) is 77.8 Å². The summed E-state index contributed by atoms with van der Waals surface area (Å²) < 4.78 is 28.9. The largest absolute Gasteiger partial charge is 0.490 e. The first kappa shape index (κ1) is 28.3. The number of carbonyl (C=O) groups is 1. The summed E-state index contributed by atoms with van der Waals surface area (Å²) in [6, 6.07) is 3.30. The van der Waals surface area contributed by atoms with Crippen LogP contribution in [0.5, 0.6) is 5.75 Å². The van der Waals surface area contributed by atoms with Crippen LogP contribution in [0, 0.1) is 25.6 Å². The third-order valence-corrected chi connectivity index (χ3v) is 8.05. The van der Waals surface area contributed by atoms with Crippen molar-refractivity contribution >= 4 is 17.4 Å². The van der Waals surface area contributed by atoms with E-state index in [2.05, 4.69) is 5.32 Å². The number of halogens is 1. The van der Waals surface area contributed by atoms with Crippen molar-refractivity contribution in [2.45, 2.75) is 97.7 Å². The molecule has 0 radical (unpaired) electrons. The highest BCUT2D eigenvalue weighted by molar-refractivity contribution is 5.82. The smallest absolute Gasteiger partial charge is 0.337 e. The van der Waals surface area contributed by atoms with Gasteiger partial charge in [0.05, 0.1) is 17.9 Å². The number of carboxylic acid groups (broad SMARTS) is 1. The molecule has 2 aromatic heterocycles. The molecule has 0 unspecified atom stereocenters. The number of aromatic nitrogens is 3. The van der Waals surface area contributed by atoms with Gasteiger partial charge in [0.15, 0.2) is 29.1 Å². The summed E-state index contributed by atoms with van der Waals surface area (Å²) in [7, 11) is 0. The van der Waals surface area contributed by atoms with Crippen molar-refractivity contribution in [3.05, 3.63) is 40.3 Å². The zero-order valence-corrected chi connectivity index (χ0v) is 24.3. The number of benzene rings is 1. The van der Waals surface area contributed by atoms with Gasteiger partial charge >= 0.3 is 5.97 Å². The number of fused-ring (bicyclic) bond motifs is 2. The molecule has 1 aromatic carbocycles. The average molecular weight is 553 g/mol. The zero-order valence-electron chi connectivity index (χ0n) is 24.3. The van der Waals surface area contributed by atoms with Gasteiger partial charge in [-0.25, -0.2) is 18.7 Å². The van der Waals surface area contributed by atoms with Crippen LogP contribution in [0.15, 0.2) is 12.1 Å². The molecule has 0 bridgehead atoms. The van der Waals surface area contributed by atoms with Gasteiger partial charge in [-0.3, -0.25) is 0 Å². The first-order valence-electron chi connectivity index (χ1n) is 14.5. The molecule has 1 aliphatic heterocycles. The maximum Gasteiger partial charge on any atom is 0.337 e. The number of ether oxygens (including phenoxy) is 2. The number of rotatable bonds is 9. The molecule has 40 heavy (non-hydrogen) atoms. The Morgan fingerprint density at radius 2 is 2.00 bits per heavy atom. The Morgan fingerprint density at radius 1 is 1.25 bits per heavy atom. The highest BCUT2D eigenvalue weighted by Crippen LogP contribution is 2.41. The van der Waals surface area contributed by atoms with E-state index in [0.29, 0.717) is 47.0 Å². The number of carboxylic acids is 1. The van der Waals surface area contributed by atoms with E-state index < -0.39 is 23.5 Å². The number of nitrogens with zero attached hydrogens (tertiary/aromatic N) is 3. The lowest BCUT2D eigenvalue weighted by Gasteiger charge is -2.28. The monoisotopic (exact) mass is 552 g/mol. The summed E-state index contributed by atoms with van der Waals surface area (Å²) in [6.07, 6.45) is 7.73. The Labute approximate surface area is 235 Å². The topological polar surface area (TPSA) is 98.0 Å². The second kappa shape index (κ2) is 11.4. The van der Waals surface area contributed by atoms with E-state index in [4.69, 9.17) is 19.6 Å². The molecule has 216 valence electrons. The maximum absolute atomic E-state index is 15.5. The zero-order chi connectivity index (χ0) is 28.6. The molecular formula is C31H41FN4O4. The first-order chi connectivity index (χ1) is 19.0. The summed E-state index contributed by atoms with van der Waals surface area (Å²) in [5, 5.41) is 18.6. The van der Waals surface area contributed by atoms with Crippen LogP contribution in [0.1, 0.15) is 94.2 Å². The molecule has 3 heterocycles. The highest BCUT2D eigenvalue weighted by atomic mass is 19.1. The minimum atomic E-state index is -1.33. The third-order valence-electron chi connectivity index (χ3n) is 8.05. The van der Waals surface area contributed by atoms with E-state index in [9.17, 15) is 9.90 Å². The molecule has 2 N–H and O–H groups in total. The third kappa shape index (κ3) is 5.80. The predicted molar refractivity (Wildman–Crippen MR) is 153 cm³/mol. The lowest BCUT2D eigenvalue weighted by atomic mass is 9.91. The highest BCUT2D eigenvalue weighted by Gasteiger charge is 2.34.